The van der Waals surface area contributed by atoms with E-state index in [-0.39, 0.29) is 16.7 Å². The predicted molar refractivity (Wildman–Crippen MR) is 57.0 cm³/mol. The molecule has 2 unspecified atom stereocenters. The van der Waals surface area contributed by atoms with E-state index in [1.807, 2.05) is 18.2 Å². The molecule has 1 aliphatic rings. The Hall–Kier alpha value is -1.03. The Labute approximate surface area is 90.4 Å². The zero-order valence-corrected chi connectivity index (χ0v) is 9.02. The van der Waals surface area contributed by atoms with Gasteiger partial charge in [0.05, 0.1) is 11.4 Å². The second-order valence-electron chi connectivity index (χ2n) is 3.13. The zero-order chi connectivity index (χ0) is 9.97. The van der Waals surface area contributed by atoms with Crippen LogP contribution in [0.25, 0.3) is 0 Å². The molecule has 2 atom stereocenters. The molecule has 1 aromatic carbocycles. The molecular weight excluding hydrogens is 244 g/mol. The van der Waals surface area contributed by atoms with E-state index < -0.39 is 0 Å². The van der Waals surface area contributed by atoms with Crippen molar-refractivity contribution in [1.82, 2.24) is 0 Å². The molecule has 3 nitrogen and oxygen atoms in total. The highest BCUT2D eigenvalue weighted by molar-refractivity contribution is 9.09. The number of carbonyl (C=O) groups is 1. The molecule has 1 heterocycles. The lowest BCUT2D eigenvalue weighted by molar-refractivity contribution is 0.0965. The second kappa shape index (κ2) is 4.00. The molecule has 0 N–H and O–H groups in total. The molecule has 0 amide bonds. The van der Waals surface area contributed by atoms with Gasteiger partial charge in [-0.1, -0.05) is 46.3 Å². The Morgan fingerprint density at radius 3 is 2.64 bits per heavy atom. The van der Waals surface area contributed by atoms with Crippen LogP contribution in [0.15, 0.2) is 40.6 Å². The molecule has 1 aromatic rings. The van der Waals surface area contributed by atoms with Gasteiger partial charge in [0.2, 0.25) is 0 Å². The molecule has 14 heavy (non-hydrogen) atoms. The quantitative estimate of drug-likeness (QED) is 0.589. The van der Waals surface area contributed by atoms with Crippen LogP contribution in [0.5, 0.6) is 0 Å². The lowest BCUT2D eigenvalue weighted by Gasteiger charge is -2.08. The SMILES string of the molecule is O=C(c1ccccc1)C1N=NCC1Br. The number of rotatable bonds is 2. The summed E-state index contributed by atoms with van der Waals surface area (Å²) in [7, 11) is 0. The monoisotopic (exact) mass is 252 g/mol. The third-order valence-corrected chi connectivity index (χ3v) is 2.92. The van der Waals surface area contributed by atoms with Crippen LogP contribution in [0.2, 0.25) is 0 Å². The zero-order valence-electron chi connectivity index (χ0n) is 7.43. The molecule has 0 aliphatic carbocycles. The van der Waals surface area contributed by atoms with Gasteiger partial charge >= 0.3 is 0 Å². The van der Waals surface area contributed by atoms with Crippen molar-refractivity contribution in [3.8, 4) is 0 Å². The Balaban J connectivity index is 2.20. The van der Waals surface area contributed by atoms with Crippen LogP contribution >= 0.6 is 15.9 Å². The van der Waals surface area contributed by atoms with Crippen LogP contribution in [-0.4, -0.2) is 23.2 Å². The number of nitrogens with zero attached hydrogens (tertiary/aromatic N) is 2. The van der Waals surface area contributed by atoms with Gasteiger partial charge in [-0.05, 0) is 0 Å². The first-order valence-corrected chi connectivity index (χ1v) is 5.30. The summed E-state index contributed by atoms with van der Waals surface area (Å²) in [6, 6.07) is 8.84. The molecule has 72 valence electrons. The summed E-state index contributed by atoms with van der Waals surface area (Å²) in [5, 5.41) is 7.77. The Kier molecular flexibility index (Phi) is 2.72. The number of Topliss-reactive ketones (excluding diaryl/α,β-unsaturated/α-hetero) is 1. The highest BCUT2D eigenvalue weighted by Gasteiger charge is 2.30. The number of hydrogen-bond acceptors (Lipinski definition) is 3. The van der Waals surface area contributed by atoms with E-state index >= 15 is 0 Å². The van der Waals surface area contributed by atoms with Crippen molar-refractivity contribution in [2.45, 2.75) is 10.9 Å². The first-order valence-electron chi connectivity index (χ1n) is 4.39. The highest BCUT2D eigenvalue weighted by atomic mass is 79.9. The van der Waals surface area contributed by atoms with Crippen molar-refractivity contribution in [2.24, 2.45) is 10.2 Å². The molecule has 2 rings (SSSR count). The van der Waals surface area contributed by atoms with Gasteiger partial charge in [0, 0.05) is 5.56 Å². The second-order valence-corrected chi connectivity index (χ2v) is 4.31. The lowest BCUT2D eigenvalue weighted by atomic mass is 10.0. The number of carbonyl (C=O) groups excluding carboxylic acids is 1. The normalized spacial score (nSPS) is 25.2. The van der Waals surface area contributed by atoms with Crippen LogP contribution in [0.3, 0.4) is 0 Å². The summed E-state index contributed by atoms with van der Waals surface area (Å²) in [6.45, 7) is 0.587. The van der Waals surface area contributed by atoms with E-state index in [2.05, 4.69) is 26.2 Å². The molecule has 0 bridgehead atoms. The third kappa shape index (κ3) is 1.75. The van der Waals surface area contributed by atoms with Crippen LogP contribution in [0, 0.1) is 0 Å². The topological polar surface area (TPSA) is 41.8 Å². The van der Waals surface area contributed by atoms with Gasteiger partial charge < -0.3 is 0 Å². The van der Waals surface area contributed by atoms with Gasteiger partial charge in [0.1, 0.15) is 6.04 Å². The van der Waals surface area contributed by atoms with Crippen molar-refractivity contribution in [1.29, 1.82) is 0 Å². The highest BCUT2D eigenvalue weighted by Crippen LogP contribution is 2.20. The first kappa shape index (κ1) is 9.52. The summed E-state index contributed by atoms with van der Waals surface area (Å²) < 4.78 is 0. The summed E-state index contributed by atoms with van der Waals surface area (Å²) in [4.78, 5) is 11.9. The van der Waals surface area contributed by atoms with E-state index in [0.717, 1.165) is 0 Å². The number of azo groups is 1. The number of hydrogen-bond donors (Lipinski definition) is 0. The van der Waals surface area contributed by atoms with Gasteiger partial charge in [0.15, 0.2) is 5.78 Å². The fourth-order valence-corrected chi connectivity index (χ4v) is 1.85. The maximum absolute atomic E-state index is 11.9. The van der Waals surface area contributed by atoms with E-state index in [0.29, 0.717) is 12.1 Å². The molecule has 0 saturated heterocycles. The summed E-state index contributed by atoms with van der Waals surface area (Å²) in [5.41, 5.74) is 0.697. The first-order chi connectivity index (χ1) is 6.79. The molecule has 0 fully saturated rings. The Morgan fingerprint density at radius 2 is 2.07 bits per heavy atom. The minimum Gasteiger partial charge on any atom is -0.292 e. The Bertz CT molecular complexity index is 364. The van der Waals surface area contributed by atoms with Gasteiger partial charge in [-0.15, -0.1) is 0 Å². The van der Waals surface area contributed by atoms with E-state index in [9.17, 15) is 4.79 Å². The lowest BCUT2D eigenvalue weighted by Crippen LogP contribution is -2.26. The number of halogens is 1. The summed E-state index contributed by atoms with van der Waals surface area (Å²) in [6.07, 6.45) is 0. The van der Waals surface area contributed by atoms with Crippen molar-refractivity contribution < 1.29 is 4.79 Å². The Morgan fingerprint density at radius 1 is 1.36 bits per heavy atom. The summed E-state index contributed by atoms with van der Waals surface area (Å²) >= 11 is 3.39. The maximum atomic E-state index is 11.9. The smallest absolute Gasteiger partial charge is 0.190 e. The van der Waals surface area contributed by atoms with Crippen LogP contribution in [-0.2, 0) is 0 Å². The number of benzene rings is 1. The minimum absolute atomic E-state index is 0.0359. The van der Waals surface area contributed by atoms with Crippen molar-refractivity contribution in [2.75, 3.05) is 6.54 Å². The maximum Gasteiger partial charge on any atom is 0.190 e. The van der Waals surface area contributed by atoms with Crippen molar-refractivity contribution in [3.05, 3.63) is 35.9 Å². The van der Waals surface area contributed by atoms with Gasteiger partial charge in [0.25, 0.3) is 0 Å². The van der Waals surface area contributed by atoms with E-state index in [4.69, 9.17) is 0 Å². The number of ketones is 1. The van der Waals surface area contributed by atoms with Crippen LogP contribution in [0.4, 0.5) is 0 Å². The standard InChI is InChI=1S/C10H9BrN2O/c11-8-6-12-13-9(8)10(14)7-4-2-1-3-5-7/h1-5,8-9H,6H2. The van der Waals surface area contributed by atoms with Crippen LogP contribution in [0.1, 0.15) is 10.4 Å². The average Bonchev–Trinajstić information content (AvgIpc) is 2.65. The average molecular weight is 253 g/mol. The largest absolute Gasteiger partial charge is 0.292 e. The van der Waals surface area contributed by atoms with Crippen LogP contribution < -0.4 is 0 Å². The van der Waals surface area contributed by atoms with Crippen molar-refractivity contribution in [3.63, 3.8) is 0 Å². The fourth-order valence-electron chi connectivity index (χ4n) is 1.38. The fraction of sp³-hybridized carbons (Fsp3) is 0.300. The molecule has 0 saturated carbocycles. The minimum atomic E-state index is -0.350. The predicted octanol–water partition coefficient (Wildman–Crippen LogP) is 2.47. The summed E-state index contributed by atoms with van der Waals surface area (Å²) in [5.74, 6) is 0.0359. The molecule has 4 heteroatoms. The molecule has 0 spiro atoms. The molecule has 1 aliphatic heterocycles. The van der Waals surface area contributed by atoms with E-state index in [1.165, 1.54) is 0 Å². The van der Waals surface area contributed by atoms with Gasteiger partial charge in [-0.2, -0.15) is 10.2 Å². The van der Waals surface area contributed by atoms with Gasteiger partial charge in [-0.3, -0.25) is 4.79 Å². The van der Waals surface area contributed by atoms with Crippen molar-refractivity contribution >= 4 is 21.7 Å². The third-order valence-electron chi connectivity index (χ3n) is 2.13. The molecular formula is C10H9BrN2O. The van der Waals surface area contributed by atoms with Gasteiger partial charge in [-0.25, -0.2) is 0 Å². The van der Waals surface area contributed by atoms with E-state index in [1.54, 1.807) is 12.1 Å². The molecule has 0 radical (unpaired) electrons. The number of alkyl halides is 1. The molecule has 0 aromatic heterocycles.